The zero-order valence-corrected chi connectivity index (χ0v) is 18.1. The molecule has 0 aliphatic carbocycles. The Morgan fingerprint density at radius 3 is 1.79 bits per heavy atom. The molecule has 0 aliphatic rings. The van der Waals surface area contributed by atoms with E-state index in [0.717, 1.165) is 38.5 Å². The first kappa shape index (κ1) is 19.4. The molecule has 6 aromatic rings. The van der Waals surface area contributed by atoms with Crippen LogP contribution in [-0.2, 0) is 0 Å². The monoisotopic (exact) mass is 425 g/mol. The van der Waals surface area contributed by atoms with E-state index in [0.29, 0.717) is 5.75 Å². The summed E-state index contributed by atoms with van der Waals surface area (Å²) in [5, 5.41) is 14.4. The third kappa shape index (κ3) is 3.28. The predicted molar refractivity (Wildman–Crippen MR) is 137 cm³/mol. The van der Waals surface area contributed by atoms with Crippen LogP contribution in [0.4, 0.5) is 0 Å². The van der Waals surface area contributed by atoms with Gasteiger partial charge in [0.25, 0.3) is 0 Å². The topological polar surface area (TPSA) is 36.0 Å². The fraction of sp³-hybridized carbons (Fsp3) is 0.0323. The van der Waals surface area contributed by atoms with Crippen LogP contribution in [-0.4, -0.2) is 10.1 Å². The predicted octanol–water partition coefficient (Wildman–Crippen LogP) is 7.87. The van der Waals surface area contributed by atoms with Gasteiger partial charge in [0.05, 0.1) is 0 Å². The van der Waals surface area contributed by atoms with E-state index in [1.165, 1.54) is 11.1 Å². The van der Waals surface area contributed by atoms with Crippen molar-refractivity contribution in [2.24, 2.45) is 0 Å². The fourth-order valence-corrected chi connectivity index (χ4v) is 4.99. The quantitative estimate of drug-likeness (QED) is 0.296. The third-order valence-electron chi connectivity index (χ3n) is 6.45. The third-order valence-corrected chi connectivity index (χ3v) is 6.45. The molecule has 0 unspecified atom stereocenters. The number of fused-ring (bicyclic) bond motifs is 2. The molecule has 0 aliphatic heterocycles. The van der Waals surface area contributed by atoms with E-state index in [-0.39, 0.29) is 5.92 Å². The Morgan fingerprint density at radius 1 is 0.515 bits per heavy atom. The molecule has 0 saturated heterocycles. The highest BCUT2D eigenvalue weighted by Crippen LogP contribution is 2.46. The number of benzene rings is 5. The highest BCUT2D eigenvalue weighted by atomic mass is 16.3. The molecule has 1 aromatic heterocycles. The van der Waals surface area contributed by atoms with Crippen molar-refractivity contribution in [3.63, 3.8) is 0 Å². The van der Waals surface area contributed by atoms with Crippen LogP contribution in [0.25, 0.3) is 32.8 Å². The van der Waals surface area contributed by atoms with Crippen molar-refractivity contribution in [2.45, 2.75) is 5.92 Å². The van der Waals surface area contributed by atoms with Crippen molar-refractivity contribution in [3.8, 4) is 16.9 Å². The Bertz CT molecular complexity index is 1530. The molecule has 2 N–H and O–H groups in total. The molecule has 5 aromatic carbocycles. The van der Waals surface area contributed by atoms with Crippen LogP contribution in [0.2, 0.25) is 0 Å². The number of phenols is 1. The second-order valence-electron chi connectivity index (χ2n) is 8.39. The average Bonchev–Trinajstić information content (AvgIpc) is 3.24. The van der Waals surface area contributed by atoms with Crippen LogP contribution in [0.1, 0.15) is 22.7 Å². The van der Waals surface area contributed by atoms with E-state index in [2.05, 4.69) is 89.9 Å². The first-order valence-corrected chi connectivity index (χ1v) is 11.2. The lowest BCUT2D eigenvalue weighted by molar-refractivity contribution is 0.478. The first-order valence-electron chi connectivity index (χ1n) is 11.2. The number of phenolic OH excluding ortho intramolecular Hbond substituents is 1. The summed E-state index contributed by atoms with van der Waals surface area (Å²) in [4.78, 5) is 3.74. The summed E-state index contributed by atoms with van der Waals surface area (Å²) >= 11 is 0. The highest BCUT2D eigenvalue weighted by molar-refractivity contribution is 6.08. The fourth-order valence-electron chi connectivity index (χ4n) is 4.99. The molecule has 0 saturated carbocycles. The van der Waals surface area contributed by atoms with Crippen LogP contribution in [0, 0.1) is 0 Å². The van der Waals surface area contributed by atoms with Crippen LogP contribution < -0.4 is 0 Å². The minimum Gasteiger partial charge on any atom is -0.507 e. The van der Waals surface area contributed by atoms with Gasteiger partial charge in [-0.15, -0.1) is 0 Å². The average molecular weight is 426 g/mol. The van der Waals surface area contributed by atoms with Crippen molar-refractivity contribution in [3.05, 3.63) is 138 Å². The maximum absolute atomic E-state index is 11.2. The second-order valence-corrected chi connectivity index (χ2v) is 8.39. The van der Waals surface area contributed by atoms with Gasteiger partial charge < -0.3 is 10.1 Å². The Morgan fingerprint density at radius 2 is 1.09 bits per heavy atom. The molecule has 0 amide bonds. The summed E-state index contributed by atoms with van der Waals surface area (Å²) in [6.45, 7) is 0. The van der Waals surface area contributed by atoms with Crippen molar-refractivity contribution >= 4 is 21.7 Å². The maximum Gasteiger partial charge on any atom is 0.124 e. The second kappa shape index (κ2) is 7.99. The van der Waals surface area contributed by atoms with Crippen LogP contribution in [0.3, 0.4) is 0 Å². The van der Waals surface area contributed by atoms with Gasteiger partial charge in [0.15, 0.2) is 0 Å². The Balaban J connectivity index is 1.74. The van der Waals surface area contributed by atoms with Crippen molar-refractivity contribution in [2.75, 3.05) is 0 Å². The van der Waals surface area contributed by atoms with Gasteiger partial charge in [-0.1, -0.05) is 109 Å². The van der Waals surface area contributed by atoms with E-state index >= 15 is 0 Å². The van der Waals surface area contributed by atoms with Gasteiger partial charge in [0.1, 0.15) is 5.75 Å². The van der Waals surface area contributed by atoms with Crippen molar-refractivity contribution in [1.82, 2.24) is 4.98 Å². The molecular formula is C31H23NO. The van der Waals surface area contributed by atoms with E-state index < -0.39 is 0 Å². The zero-order valence-electron chi connectivity index (χ0n) is 18.1. The number of aromatic hydroxyl groups is 1. The lowest BCUT2D eigenvalue weighted by Gasteiger charge is -2.20. The van der Waals surface area contributed by atoms with E-state index in [9.17, 15) is 5.11 Å². The number of para-hydroxylation sites is 1. The lowest BCUT2D eigenvalue weighted by atomic mass is 9.84. The first-order chi connectivity index (χ1) is 16.3. The summed E-state index contributed by atoms with van der Waals surface area (Å²) in [7, 11) is 0. The maximum atomic E-state index is 11.2. The molecule has 0 atom stereocenters. The summed E-state index contributed by atoms with van der Waals surface area (Å²) in [6, 6.07) is 41.6. The molecule has 0 spiro atoms. The van der Waals surface area contributed by atoms with Gasteiger partial charge in [-0.25, -0.2) is 0 Å². The SMILES string of the molecule is Oc1ccc2ccccc2c1-c1c(C(c2ccccc2)c2ccccc2)[nH]c2ccccc12. The number of hydrogen-bond acceptors (Lipinski definition) is 1. The zero-order chi connectivity index (χ0) is 22.2. The van der Waals surface area contributed by atoms with E-state index in [4.69, 9.17) is 0 Å². The molecule has 158 valence electrons. The number of aromatic amines is 1. The van der Waals surface area contributed by atoms with Crippen LogP contribution >= 0.6 is 0 Å². The van der Waals surface area contributed by atoms with Gasteiger partial charge in [-0.3, -0.25) is 0 Å². The van der Waals surface area contributed by atoms with Gasteiger partial charge in [-0.05, 0) is 34.0 Å². The molecule has 1 heterocycles. The number of nitrogens with one attached hydrogen (secondary N) is 1. The summed E-state index contributed by atoms with van der Waals surface area (Å²) in [5.41, 5.74) is 6.48. The van der Waals surface area contributed by atoms with Gasteiger partial charge in [-0.2, -0.15) is 0 Å². The summed E-state index contributed by atoms with van der Waals surface area (Å²) in [6.07, 6.45) is 0. The van der Waals surface area contributed by atoms with Gasteiger partial charge in [0.2, 0.25) is 0 Å². The number of hydrogen-bond donors (Lipinski definition) is 2. The molecule has 2 heteroatoms. The largest absolute Gasteiger partial charge is 0.507 e. The van der Waals surface area contributed by atoms with Gasteiger partial charge >= 0.3 is 0 Å². The standard InChI is InChI=1S/C31H23NO/c33-27-20-19-21-11-7-8-16-24(21)29(27)30-25-17-9-10-18-26(25)32-31(30)28(22-12-3-1-4-13-22)23-14-5-2-6-15-23/h1-20,28,32-33H. The van der Waals surface area contributed by atoms with E-state index in [1.807, 2.05) is 36.4 Å². The molecule has 6 rings (SSSR count). The van der Waals surface area contributed by atoms with Crippen LogP contribution in [0.5, 0.6) is 5.75 Å². The lowest BCUT2D eigenvalue weighted by Crippen LogP contribution is -2.05. The minimum absolute atomic E-state index is 0.00633. The number of rotatable bonds is 4. The normalized spacial score (nSPS) is 11.4. The molecule has 33 heavy (non-hydrogen) atoms. The summed E-state index contributed by atoms with van der Waals surface area (Å²) in [5.74, 6) is 0.285. The molecule has 0 radical (unpaired) electrons. The molecule has 2 nitrogen and oxygen atoms in total. The Labute approximate surface area is 192 Å². The highest BCUT2D eigenvalue weighted by Gasteiger charge is 2.26. The number of H-pyrrole nitrogens is 1. The van der Waals surface area contributed by atoms with Crippen LogP contribution in [0.15, 0.2) is 121 Å². The Kier molecular flexibility index (Phi) is 4.70. The summed E-state index contributed by atoms with van der Waals surface area (Å²) < 4.78 is 0. The van der Waals surface area contributed by atoms with Gasteiger partial charge in [0, 0.05) is 33.6 Å². The minimum atomic E-state index is -0.00633. The number of aromatic nitrogens is 1. The smallest absolute Gasteiger partial charge is 0.124 e. The van der Waals surface area contributed by atoms with Crippen molar-refractivity contribution < 1.29 is 5.11 Å². The molecule has 0 fully saturated rings. The molecule has 0 bridgehead atoms. The van der Waals surface area contributed by atoms with Crippen molar-refractivity contribution in [1.29, 1.82) is 0 Å². The molecular weight excluding hydrogens is 402 g/mol. The Hall–Kier alpha value is -4.30. The van der Waals surface area contributed by atoms with E-state index in [1.54, 1.807) is 0 Å².